The molecule has 0 aromatic heterocycles. The number of halogens is 3. The van der Waals surface area contributed by atoms with Gasteiger partial charge in [0.05, 0.1) is 12.6 Å². The number of nitrogens with one attached hydrogen (secondary N) is 1. The molecule has 1 aromatic rings. The number of hydrogen-bond donors (Lipinski definition) is 2. The Balaban J connectivity index is 2.84. The third-order valence-corrected chi connectivity index (χ3v) is 2.77. The Bertz CT molecular complexity index is 396. The topological polar surface area (TPSA) is 41.5 Å². The van der Waals surface area contributed by atoms with Crippen LogP contribution in [0.25, 0.3) is 0 Å². The predicted molar refractivity (Wildman–Crippen MR) is 65.8 cm³/mol. The fourth-order valence-electron chi connectivity index (χ4n) is 1.64. The van der Waals surface area contributed by atoms with E-state index in [1.807, 2.05) is 13.8 Å². The lowest BCUT2D eigenvalue weighted by Crippen LogP contribution is -2.32. The molecular formula is C13H18F3NO2. The second-order valence-corrected chi connectivity index (χ2v) is 4.33. The highest BCUT2D eigenvalue weighted by molar-refractivity contribution is 5.30. The van der Waals surface area contributed by atoms with Crippen molar-refractivity contribution in [3.8, 4) is 5.75 Å². The van der Waals surface area contributed by atoms with E-state index in [9.17, 15) is 18.3 Å². The molecule has 6 heteroatoms. The van der Waals surface area contributed by atoms with Crippen molar-refractivity contribution in [2.75, 3.05) is 6.61 Å². The maximum atomic E-state index is 12.1. The van der Waals surface area contributed by atoms with Crippen molar-refractivity contribution in [1.82, 2.24) is 5.32 Å². The molecule has 19 heavy (non-hydrogen) atoms. The van der Waals surface area contributed by atoms with E-state index in [1.165, 1.54) is 18.2 Å². The first kappa shape index (κ1) is 15.8. The van der Waals surface area contributed by atoms with Crippen molar-refractivity contribution in [3.63, 3.8) is 0 Å². The van der Waals surface area contributed by atoms with Gasteiger partial charge in [0.2, 0.25) is 0 Å². The Hall–Kier alpha value is -1.27. The first-order chi connectivity index (χ1) is 8.85. The smallest absolute Gasteiger partial charge is 0.406 e. The lowest BCUT2D eigenvalue weighted by Gasteiger charge is -2.21. The van der Waals surface area contributed by atoms with Gasteiger partial charge < -0.3 is 15.2 Å². The summed E-state index contributed by atoms with van der Waals surface area (Å²) in [5, 5.41) is 12.5. The van der Waals surface area contributed by atoms with Crippen LogP contribution in [-0.2, 0) is 0 Å². The van der Waals surface area contributed by atoms with E-state index in [0.29, 0.717) is 5.56 Å². The quantitative estimate of drug-likeness (QED) is 0.840. The molecule has 0 radical (unpaired) electrons. The largest absolute Gasteiger partial charge is 0.573 e. The van der Waals surface area contributed by atoms with Crippen LogP contribution in [0.3, 0.4) is 0 Å². The van der Waals surface area contributed by atoms with Gasteiger partial charge in [0.1, 0.15) is 5.75 Å². The van der Waals surface area contributed by atoms with Gasteiger partial charge in [-0.3, -0.25) is 0 Å². The number of alkyl halides is 3. The Labute approximate surface area is 110 Å². The molecule has 0 bridgehead atoms. The van der Waals surface area contributed by atoms with Crippen molar-refractivity contribution in [1.29, 1.82) is 0 Å². The second kappa shape index (κ2) is 6.77. The standard InChI is InChI=1S/C13H18F3NO2/c1-3-9(2)17-12(8-18)10-5-4-6-11(7-10)19-13(14,15)16/h4-7,9,12,17-18H,3,8H2,1-2H3. The molecule has 0 aliphatic carbocycles. The van der Waals surface area contributed by atoms with E-state index in [4.69, 9.17) is 0 Å². The average molecular weight is 277 g/mol. The van der Waals surface area contributed by atoms with Gasteiger partial charge in [-0.05, 0) is 31.0 Å². The molecule has 2 N–H and O–H groups in total. The van der Waals surface area contributed by atoms with Crippen LogP contribution in [0.5, 0.6) is 5.75 Å². The zero-order valence-corrected chi connectivity index (χ0v) is 10.9. The van der Waals surface area contributed by atoms with E-state index in [1.54, 1.807) is 6.07 Å². The van der Waals surface area contributed by atoms with Crippen LogP contribution < -0.4 is 10.1 Å². The third-order valence-electron chi connectivity index (χ3n) is 2.77. The molecule has 0 aliphatic rings. The first-order valence-electron chi connectivity index (χ1n) is 6.08. The molecule has 0 spiro atoms. The van der Waals surface area contributed by atoms with Gasteiger partial charge >= 0.3 is 6.36 Å². The van der Waals surface area contributed by atoms with Crippen molar-refractivity contribution >= 4 is 0 Å². The summed E-state index contributed by atoms with van der Waals surface area (Å²) in [5.41, 5.74) is 0.560. The summed E-state index contributed by atoms with van der Waals surface area (Å²) in [6, 6.07) is 5.38. The molecular weight excluding hydrogens is 259 g/mol. The minimum atomic E-state index is -4.71. The lowest BCUT2D eigenvalue weighted by molar-refractivity contribution is -0.274. The fraction of sp³-hybridized carbons (Fsp3) is 0.538. The highest BCUT2D eigenvalue weighted by atomic mass is 19.4. The fourth-order valence-corrected chi connectivity index (χ4v) is 1.64. The monoisotopic (exact) mass is 277 g/mol. The second-order valence-electron chi connectivity index (χ2n) is 4.33. The summed E-state index contributed by atoms with van der Waals surface area (Å²) in [6.07, 6.45) is -3.85. The number of ether oxygens (including phenoxy) is 1. The molecule has 108 valence electrons. The van der Waals surface area contributed by atoms with Crippen LogP contribution >= 0.6 is 0 Å². The Morgan fingerprint density at radius 2 is 2.05 bits per heavy atom. The van der Waals surface area contributed by atoms with Gasteiger partial charge in [-0.15, -0.1) is 13.2 Å². The maximum absolute atomic E-state index is 12.1. The minimum Gasteiger partial charge on any atom is -0.406 e. The van der Waals surface area contributed by atoms with E-state index in [-0.39, 0.29) is 18.4 Å². The van der Waals surface area contributed by atoms with Crippen LogP contribution in [0.15, 0.2) is 24.3 Å². The molecule has 0 saturated heterocycles. The van der Waals surface area contributed by atoms with E-state index in [2.05, 4.69) is 10.1 Å². The molecule has 1 aromatic carbocycles. The summed E-state index contributed by atoms with van der Waals surface area (Å²) >= 11 is 0. The number of benzene rings is 1. The maximum Gasteiger partial charge on any atom is 0.573 e. The molecule has 1 rings (SSSR count). The normalized spacial score (nSPS) is 15.1. The van der Waals surface area contributed by atoms with Crippen LogP contribution in [0.2, 0.25) is 0 Å². The average Bonchev–Trinajstić information content (AvgIpc) is 2.33. The highest BCUT2D eigenvalue weighted by Gasteiger charge is 2.31. The van der Waals surface area contributed by atoms with Crippen LogP contribution in [-0.4, -0.2) is 24.1 Å². The van der Waals surface area contributed by atoms with Crippen LogP contribution in [0, 0.1) is 0 Å². The molecule has 3 nitrogen and oxygen atoms in total. The van der Waals surface area contributed by atoms with Gasteiger partial charge in [0.25, 0.3) is 0 Å². The molecule has 0 saturated carbocycles. The molecule has 0 amide bonds. The van der Waals surface area contributed by atoms with Gasteiger partial charge in [-0.25, -0.2) is 0 Å². The molecule has 2 atom stereocenters. The highest BCUT2D eigenvalue weighted by Crippen LogP contribution is 2.25. The zero-order chi connectivity index (χ0) is 14.5. The third kappa shape index (κ3) is 5.48. The van der Waals surface area contributed by atoms with Crippen LogP contribution in [0.1, 0.15) is 31.9 Å². The zero-order valence-electron chi connectivity index (χ0n) is 10.9. The number of rotatable bonds is 6. The van der Waals surface area contributed by atoms with Crippen molar-refractivity contribution in [2.24, 2.45) is 0 Å². The summed E-state index contributed by atoms with van der Waals surface area (Å²) in [5.74, 6) is -0.283. The van der Waals surface area contributed by atoms with E-state index < -0.39 is 12.4 Å². The molecule has 0 heterocycles. The van der Waals surface area contributed by atoms with E-state index >= 15 is 0 Å². The number of aliphatic hydroxyl groups excluding tert-OH is 1. The van der Waals surface area contributed by atoms with Gasteiger partial charge in [-0.2, -0.15) is 0 Å². The summed E-state index contributed by atoms with van der Waals surface area (Å²) in [7, 11) is 0. The molecule has 0 fully saturated rings. The van der Waals surface area contributed by atoms with Gasteiger partial charge in [0.15, 0.2) is 0 Å². The van der Waals surface area contributed by atoms with E-state index in [0.717, 1.165) is 6.42 Å². The number of aliphatic hydroxyl groups is 1. The van der Waals surface area contributed by atoms with Crippen molar-refractivity contribution in [3.05, 3.63) is 29.8 Å². The molecule has 2 unspecified atom stereocenters. The molecule has 0 aliphatic heterocycles. The summed E-state index contributed by atoms with van der Waals surface area (Å²) in [6.45, 7) is 3.73. The van der Waals surface area contributed by atoms with Crippen molar-refractivity contribution < 1.29 is 23.0 Å². The van der Waals surface area contributed by atoms with Gasteiger partial charge in [-0.1, -0.05) is 19.1 Å². The predicted octanol–water partition coefficient (Wildman–Crippen LogP) is 3.01. The Kier molecular flexibility index (Phi) is 5.62. The van der Waals surface area contributed by atoms with Gasteiger partial charge in [0, 0.05) is 6.04 Å². The summed E-state index contributed by atoms with van der Waals surface area (Å²) < 4.78 is 40.3. The summed E-state index contributed by atoms with van der Waals surface area (Å²) in [4.78, 5) is 0. The Morgan fingerprint density at radius 3 is 2.58 bits per heavy atom. The van der Waals surface area contributed by atoms with Crippen molar-refractivity contribution in [2.45, 2.75) is 38.7 Å². The number of hydrogen-bond acceptors (Lipinski definition) is 3. The first-order valence-corrected chi connectivity index (χ1v) is 6.08. The SMILES string of the molecule is CCC(C)NC(CO)c1cccc(OC(F)(F)F)c1. The lowest BCUT2D eigenvalue weighted by atomic mass is 10.1. The minimum absolute atomic E-state index is 0.157. The Morgan fingerprint density at radius 1 is 1.37 bits per heavy atom. The van der Waals surface area contributed by atoms with Crippen LogP contribution in [0.4, 0.5) is 13.2 Å².